The van der Waals surface area contributed by atoms with E-state index in [1.165, 1.54) is 0 Å². The fourth-order valence-corrected chi connectivity index (χ4v) is 0.904. The predicted octanol–water partition coefficient (Wildman–Crippen LogP) is 1.77. The van der Waals surface area contributed by atoms with Crippen LogP contribution in [0.3, 0.4) is 0 Å². The fraction of sp³-hybridized carbons (Fsp3) is 0.375. The van der Waals surface area contributed by atoms with Gasteiger partial charge in [0, 0.05) is 18.9 Å². The summed E-state index contributed by atoms with van der Waals surface area (Å²) in [6.45, 7) is 3.12. The molecular formula is C8H10N2. The van der Waals surface area contributed by atoms with E-state index in [4.69, 9.17) is 5.26 Å². The molecule has 0 unspecified atom stereocenters. The highest BCUT2D eigenvalue weighted by Gasteiger charge is 1.91. The van der Waals surface area contributed by atoms with Gasteiger partial charge in [-0.2, -0.15) is 5.26 Å². The maximum absolute atomic E-state index is 8.46. The lowest BCUT2D eigenvalue weighted by atomic mass is 10.4. The standard InChI is InChI=1S/C8H10N2/c1-2-4-10-5-3-8(6-9)7-10/h3,5,7H,2,4H2,1H3. The lowest BCUT2D eigenvalue weighted by Crippen LogP contribution is -1.90. The van der Waals surface area contributed by atoms with Crippen molar-refractivity contribution in [3.05, 3.63) is 24.0 Å². The van der Waals surface area contributed by atoms with Crippen molar-refractivity contribution in [3.63, 3.8) is 0 Å². The minimum Gasteiger partial charge on any atom is -0.353 e. The number of aromatic nitrogens is 1. The zero-order valence-electron chi connectivity index (χ0n) is 6.04. The molecule has 0 aliphatic carbocycles. The Kier molecular flexibility index (Phi) is 2.11. The SMILES string of the molecule is CCCn1ccc(C#N)c1. The first-order chi connectivity index (χ1) is 4.86. The summed E-state index contributed by atoms with van der Waals surface area (Å²) in [5, 5.41) is 8.46. The zero-order valence-corrected chi connectivity index (χ0v) is 6.04. The molecule has 0 radical (unpaired) electrons. The van der Waals surface area contributed by atoms with Crippen LogP contribution in [0.25, 0.3) is 0 Å². The normalized spacial score (nSPS) is 9.20. The molecule has 0 aliphatic heterocycles. The van der Waals surface area contributed by atoms with Gasteiger partial charge in [-0.05, 0) is 12.5 Å². The van der Waals surface area contributed by atoms with Gasteiger partial charge >= 0.3 is 0 Å². The van der Waals surface area contributed by atoms with Gasteiger partial charge in [-0.1, -0.05) is 6.92 Å². The van der Waals surface area contributed by atoms with E-state index in [2.05, 4.69) is 13.0 Å². The van der Waals surface area contributed by atoms with Gasteiger partial charge in [-0.25, -0.2) is 0 Å². The third kappa shape index (κ3) is 1.38. The van der Waals surface area contributed by atoms with Gasteiger partial charge in [-0.3, -0.25) is 0 Å². The maximum atomic E-state index is 8.46. The Balaban J connectivity index is 2.71. The second-order valence-corrected chi connectivity index (χ2v) is 2.25. The highest BCUT2D eigenvalue weighted by Crippen LogP contribution is 1.99. The molecule has 0 spiro atoms. The molecule has 1 aromatic rings. The number of hydrogen-bond acceptors (Lipinski definition) is 1. The molecule has 0 amide bonds. The molecule has 0 saturated carbocycles. The van der Waals surface area contributed by atoms with E-state index in [1.807, 2.05) is 23.0 Å². The summed E-state index contributed by atoms with van der Waals surface area (Å²) in [4.78, 5) is 0. The van der Waals surface area contributed by atoms with Crippen molar-refractivity contribution in [3.8, 4) is 6.07 Å². The number of aryl methyl sites for hydroxylation is 1. The average Bonchev–Trinajstić information content (AvgIpc) is 2.37. The number of rotatable bonds is 2. The van der Waals surface area contributed by atoms with Crippen LogP contribution < -0.4 is 0 Å². The molecule has 0 atom stereocenters. The van der Waals surface area contributed by atoms with Gasteiger partial charge in [0.15, 0.2) is 0 Å². The molecule has 0 N–H and O–H groups in total. The Morgan fingerprint density at radius 3 is 3.00 bits per heavy atom. The van der Waals surface area contributed by atoms with Crippen molar-refractivity contribution in [2.45, 2.75) is 19.9 Å². The smallest absolute Gasteiger partial charge is 0.101 e. The molecule has 1 aromatic heterocycles. The Morgan fingerprint density at radius 2 is 2.50 bits per heavy atom. The summed E-state index contributed by atoms with van der Waals surface area (Å²) in [6.07, 6.45) is 4.91. The van der Waals surface area contributed by atoms with E-state index in [0.717, 1.165) is 18.5 Å². The summed E-state index contributed by atoms with van der Waals surface area (Å²) in [6, 6.07) is 3.91. The van der Waals surface area contributed by atoms with Crippen LogP contribution in [0.5, 0.6) is 0 Å². The second-order valence-electron chi connectivity index (χ2n) is 2.25. The van der Waals surface area contributed by atoms with Crippen molar-refractivity contribution in [1.82, 2.24) is 4.57 Å². The predicted molar refractivity (Wildman–Crippen MR) is 39.4 cm³/mol. The number of nitrogens with zero attached hydrogens (tertiary/aromatic N) is 2. The van der Waals surface area contributed by atoms with Crippen molar-refractivity contribution < 1.29 is 0 Å². The first-order valence-corrected chi connectivity index (χ1v) is 3.42. The van der Waals surface area contributed by atoms with Gasteiger partial charge in [0.1, 0.15) is 6.07 Å². The number of nitriles is 1. The van der Waals surface area contributed by atoms with E-state index in [9.17, 15) is 0 Å². The molecule has 1 rings (SSSR count). The Labute approximate surface area is 60.7 Å². The first kappa shape index (κ1) is 6.88. The van der Waals surface area contributed by atoms with Gasteiger partial charge < -0.3 is 4.57 Å². The van der Waals surface area contributed by atoms with Crippen LogP contribution in [0.1, 0.15) is 18.9 Å². The fourth-order valence-electron chi connectivity index (χ4n) is 0.904. The zero-order chi connectivity index (χ0) is 7.40. The average molecular weight is 134 g/mol. The van der Waals surface area contributed by atoms with E-state index >= 15 is 0 Å². The third-order valence-electron chi connectivity index (χ3n) is 1.36. The summed E-state index contributed by atoms with van der Waals surface area (Å²) in [5.41, 5.74) is 0.744. The van der Waals surface area contributed by atoms with E-state index in [0.29, 0.717) is 0 Å². The molecule has 2 heteroatoms. The molecule has 0 aliphatic rings. The van der Waals surface area contributed by atoms with Crippen LogP contribution in [-0.2, 0) is 6.54 Å². The van der Waals surface area contributed by atoms with E-state index in [1.54, 1.807) is 0 Å². The van der Waals surface area contributed by atoms with Gasteiger partial charge in [0.25, 0.3) is 0 Å². The molecule has 10 heavy (non-hydrogen) atoms. The van der Waals surface area contributed by atoms with E-state index < -0.39 is 0 Å². The number of hydrogen-bond donors (Lipinski definition) is 0. The lowest BCUT2D eigenvalue weighted by Gasteiger charge is -1.95. The summed E-state index contributed by atoms with van der Waals surface area (Å²) in [7, 11) is 0. The Morgan fingerprint density at radius 1 is 1.70 bits per heavy atom. The van der Waals surface area contributed by atoms with Crippen LogP contribution in [0.2, 0.25) is 0 Å². The minimum absolute atomic E-state index is 0.744. The van der Waals surface area contributed by atoms with Crippen LogP contribution in [0.4, 0.5) is 0 Å². The maximum Gasteiger partial charge on any atom is 0.101 e. The van der Waals surface area contributed by atoms with Crippen molar-refractivity contribution >= 4 is 0 Å². The molecule has 2 nitrogen and oxygen atoms in total. The topological polar surface area (TPSA) is 28.7 Å². The molecular weight excluding hydrogens is 124 g/mol. The Hall–Kier alpha value is -1.23. The van der Waals surface area contributed by atoms with Crippen LogP contribution in [0, 0.1) is 11.3 Å². The second kappa shape index (κ2) is 3.07. The molecule has 0 fully saturated rings. The van der Waals surface area contributed by atoms with Crippen LogP contribution in [0.15, 0.2) is 18.5 Å². The molecule has 0 saturated heterocycles. The van der Waals surface area contributed by atoms with Gasteiger partial charge in [0.2, 0.25) is 0 Å². The molecule has 0 aromatic carbocycles. The summed E-state index contributed by atoms with van der Waals surface area (Å²) >= 11 is 0. The molecule has 1 heterocycles. The minimum atomic E-state index is 0.744. The van der Waals surface area contributed by atoms with Gasteiger partial charge in [-0.15, -0.1) is 0 Å². The first-order valence-electron chi connectivity index (χ1n) is 3.42. The highest BCUT2D eigenvalue weighted by atomic mass is 14.9. The quantitative estimate of drug-likeness (QED) is 0.606. The summed E-state index contributed by atoms with van der Waals surface area (Å²) in [5.74, 6) is 0. The lowest BCUT2D eigenvalue weighted by molar-refractivity contribution is 0.683. The molecule has 52 valence electrons. The summed E-state index contributed by atoms with van der Waals surface area (Å²) < 4.78 is 2.03. The van der Waals surface area contributed by atoms with E-state index in [-0.39, 0.29) is 0 Å². The largest absolute Gasteiger partial charge is 0.353 e. The van der Waals surface area contributed by atoms with Crippen molar-refractivity contribution in [1.29, 1.82) is 5.26 Å². The van der Waals surface area contributed by atoms with Crippen LogP contribution in [-0.4, -0.2) is 4.57 Å². The highest BCUT2D eigenvalue weighted by molar-refractivity contribution is 5.25. The van der Waals surface area contributed by atoms with Crippen molar-refractivity contribution in [2.24, 2.45) is 0 Å². The Bertz CT molecular complexity index is 242. The third-order valence-corrected chi connectivity index (χ3v) is 1.36. The van der Waals surface area contributed by atoms with Crippen LogP contribution >= 0.6 is 0 Å². The molecule has 0 bridgehead atoms. The van der Waals surface area contributed by atoms with Gasteiger partial charge in [0.05, 0.1) is 5.56 Å². The monoisotopic (exact) mass is 134 g/mol. The van der Waals surface area contributed by atoms with Crippen molar-refractivity contribution in [2.75, 3.05) is 0 Å².